The fourth-order valence-corrected chi connectivity index (χ4v) is 3.08. The van der Waals surface area contributed by atoms with Crippen LogP contribution >= 0.6 is 0 Å². The Morgan fingerprint density at radius 1 is 1.00 bits per heavy atom. The number of hydrogen-bond acceptors (Lipinski definition) is 7. The van der Waals surface area contributed by atoms with Gasteiger partial charge in [-0.3, -0.25) is 9.78 Å². The van der Waals surface area contributed by atoms with Gasteiger partial charge < -0.3 is 14.8 Å². The van der Waals surface area contributed by atoms with Crippen LogP contribution in [0.1, 0.15) is 15.9 Å². The molecule has 1 N–H and O–H groups in total. The van der Waals surface area contributed by atoms with Crippen LogP contribution in [-0.4, -0.2) is 39.9 Å². The van der Waals surface area contributed by atoms with E-state index in [0.29, 0.717) is 18.3 Å². The first-order valence-electron chi connectivity index (χ1n) is 10.3. The second-order valence-electron chi connectivity index (χ2n) is 7.06. The zero-order valence-corrected chi connectivity index (χ0v) is 18.3. The highest BCUT2D eigenvalue weighted by molar-refractivity contribution is 5.94. The molecule has 33 heavy (non-hydrogen) atoms. The summed E-state index contributed by atoms with van der Waals surface area (Å²) in [6.07, 6.45) is 6.51. The predicted octanol–water partition coefficient (Wildman–Crippen LogP) is 4.32. The Bertz CT molecular complexity index is 1230. The Morgan fingerprint density at radius 2 is 1.70 bits per heavy atom. The minimum Gasteiger partial charge on any atom is -0.497 e. The fraction of sp³-hybridized carbons (Fsp3) is 0.120. The second kappa shape index (κ2) is 10.2. The quantitative estimate of drug-likeness (QED) is 0.407. The van der Waals surface area contributed by atoms with Gasteiger partial charge in [-0.25, -0.2) is 0 Å². The van der Waals surface area contributed by atoms with Crippen molar-refractivity contribution in [1.82, 2.24) is 19.7 Å². The Kier molecular flexibility index (Phi) is 6.75. The molecule has 2 aromatic heterocycles. The van der Waals surface area contributed by atoms with Gasteiger partial charge in [0.25, 0.3) is 5.91 Å². The molecule has 8 heteroatoms. The maximum absolute atomic E-state index is 13.0. The van der Waals surface area contributed by atoms with Crippen molar-refractivity contribution in [2.24, 2.45) is 0 Å². The van der Waals surface area contributed by atoms with Crippen LogP contribution in [0, 0.1) is 0 Å². The predicted molar refractivity (Wildman–Crippen MR) is 126 cm³/mol. The van der Waals surface area contributed by atoms with Gasteiger partial charge >= 0.3 is 0 Å². The van der Waals surface area contributed by atoms with E-state index in [0.717, 1.165) is 28.2 Å². The van der Waals surface area contributed by atoms with Crippen LogP contribution in [0.25, 0.3) is 17.5 Å². The van der Waals surface area contributed by atoms with E-state index in [1.54, 1.807) is 38.8 Å². The maximum Gasteiger partial charge on any atom is 0.274 e. The Hall–Kier alpha value is -4.46. The maximum atomic E-state index is 13.0. The van der Waals surface area contributed by atoms with Crippen LogP contribution in [0.3, 0.4) is 0 Å². The van der Waals surface area contributed by atoms with E-state index in [1.807, 2.05) is 54.6 Å². The molecule has 0 saturated carbocycles. The SMILES string of the molecule is COc1ccc(/C=C/C(=O)n2nc(-c3cccnc3)nc2NCc2ccc(OC)cc2)cc1. The Morgan fingerprint density at radius 3 is 2.33 bits per heavy atom. The lowest BCUT2D eigenvalue weighted by Crippen LogP contribution is -2.14. The molecule has 0 fully saturated rings. The number of aromatic nitrogens is 4. The Labute approximate surface area is 191 Å². The second-order valence-corrected chi connectivity index (χ2v) is 7.06. The lowest BCUT2D eigenvalue weighted by molar-refractivity contribution is 0.0957. The Balaban J connectivity index is 1.57. The number of carbonyl (C=O) groups is 1. The topological polar surface area (TPSA) is 91.2 Å². The molecule has 2 heterocycles. The lowest BCUT2D eigenvalue weighted by Gasteiger charge is -2.07. The standard InChI is InChI=1S/C25H23N5O3/c1-32-21-10-5-18(6-11-21)9-14-23(31)30-25(27-16-19-7-12-22(33-2)13-8-19)28-24(29-30)20-4-3-15-26-17-20/h3-15,17H,16H2,1-2H3,(H,27,28,29)/b14-9+. The van der Waals surface area contributed by atoms with E-state index in [9.17, 15) is 4.79 Å². The summed E-state index contributed by atoms with van der Waals surface area (Å²) in [5.41, 5.74) is 2.59. The van der Waals surface area contributed by atoms with Crippen molar-refractivity contribution in [1.29, 1.82) is 0 Å². The van der Waals surface area contributed by atoms with Gasteiger partial charge in [-0.1, -0.05) is 24.3 Å². The average molecular weight is 441 g/mol. The minimum atomic E-state index is -0.328. The van der Waals surface area contributed by atoms with Crippen molar-refractivity contribution in [2.45, 2.75) is 6.54 Å². The molecule has 0 unspecified atom stereocenters. The van der Waals surface area contributed by atoms with E-state index in [4.69, 9.17) is 9.47 Å². The molecule has 8 nitrogen and oxygen atoms in total. The highest BCUT2D eigenvalue weighted by atomic mass is 16.5. The number of methoxy groups -OCH3 is 2. The molecule has 0 atom stereocenters. The molecular formula is C25H23N5O3. The summed E-state index contributed by atoms with van der Waals surface area (Å²) in [7, 11) is 3.24. The zero-order chi connectivity index (χ0) is 23.0. The van der Waals surface area contributed by atoms with Gasteiger partial charge in [0.05, 0.1) is 14.2 Å². The molecule has 0 spiro atoms. The summed E-state index contributed by atoms with van der Waals surface area (Å²) in [6.45, 7) is 0.463. The molecule has 0 saturated heterocycles. The van der Waals surface area contributed by atoms with Gasteiger partial charge in [0, 0.05) is 30.6 Å². The number of nitrogens with zero attached hydrogens (tertiary/aromatic N) is 4. The minimum absolute atomic E-state index is 0.328. The molecule has 166 valence electrons. The number of rotatable bonds is 8. The van der Waals surface area contributed by atoms with Crippen LogP contribution in [0.15, 0.2) is 79.1 Å². The number of hydrogen-bond donors (Lipinski definition) is 1. The fourth-order valence-electron chi connectivity index (χ4n) is 3.08. The van der Waals surface area contributed by atoms with E-state index < -0.39 is 0 Å². The van der Waals surface area contributed by atoms with E-state index in [1.165, 1.54) is 10.8 Å². The number of pyridine rings is 1. The lowest BCUT2D eigenvalue weighted by atomic mass is 10.2. The molecule has 0 amide bonds. The highest BCUT2D eigenvalue weighted by Gasteiger charge is 2.16. The summed E-state index contributed by atoms with van der Waals surface area (Å²) in [5.74, 6) is 1.95. The molecular weight excluding hydrogens is 418 g/mol. The monoisotopic (exact) mass is 441 g/mol. The van der Waals surface area contributed by atoms with E-state index in [2.05, 4.69) is 20.4 Å². The first kappa shape index (κ1) is 21.8. The van der Waals surface area contributed by atoms with E-state index >= 15 is 0 Å². The molecule has 0 radical (unpaired) electrons. The molecule has 2 aromatic carbocycles. The molecule has 0 aliphatic carbocycles. The van der Waals surface area contributed by atoms with Gasteiger partial charge in [-0.05, 0) is 53.6 Å². The number of ether oxygens (including phenoxy) is 2. The van der Waals surface area contributed by atoms with Crippen molar-refractivity contribution in [2.75, 3.05) is 19.5 Å². The number of carbonyl (C=O) groups excluding carboxylic acids is 1. The van der Waals surface area contributed by atoms with Crippen LogP contribution in [0.4, 0.5) is 5.95 Å². The molecule has 0 aliphatic heterocycles. The van der Waals surface area contributed by atoms with Crippen LogP contribution in [0.2, 0.25) is 0 Å². The van der Waals surface area contributed by atoms with Gasteiger partial charge in [-0.15, -0.1) is 5.10 Å². The normalized spacial score (nSPS) is 10.8. The van der Waals surface area contributed by atoms with Crippen LogP contribution in [-0.2, 0) is 6.54 Å². The first-order chi connectivity index (χ1) is 16.2. The summed E-state index contributed by atoms with van der Waals surface area (Å²) in [6, 6.07) is 18.7. The number of allylic oxidation sites excluding steroid dienone is 1. The summed E-state index contributed by atoms with van der Waals surface area (Å²) in [5, 5.41) is 7.63. The molecule has 4 rings (SSSR count). The average Bonchev–Trinajstić information content (AvgIpc) is 3.31. The van der Waals surface area contributed by atoms with Crippen molar-refractivity contribution in [3.05, 3.63) is 90.3 Å². The van der Waals surface area contributed by atoms with Crippen LogP contribution in [0.5, 0.6) is 11.5 Å². The summed E-state index contributed by atoms with van der Waals surface area (Å²) >= 11 is 0. The number of benzene rings is 2. The number of anilines is 1. The van der Waals surface area contributed by atoms with Crippen molar-refractivity contribution in [3.63, 3.8) is 0 Å². The van der Waals surface area contributed by atoms with Gasteiger partial charge in [0.15, 0.2) is 5.82 Å². The van der Waals surface area contributed by atoms with Crippen molar-refractivity contribution < 1.29 is 14.3 Å². The third-order valence-electron chi connectivity index (χ3n) is 4.88. The summed E-state index contributed by atoms with van der Waals surface area (Å²) < 4.78 is 11.6. The third kappa shape index (κ3) is 5.43. The smallest absolute Gasteiger partial charge is 0.274 e. The molecule has 0 bridgehead atoms. The van der Waals surface area contributed by atoms with Gasteiger partial charge in [-0.2, -0.15) is 9.67 Å². The molecule has 4 aromatic rings. The first-order valence-corrected chi connectivity index (χ1v) is 10.3. The third-order valence-corrected chi connectivity index (χ3v) is 4.88. The zero-order valence-electron chi connectivity index (χ0n) is 18.3. The van der Waals surface area contributed by atoms with Crippen LogP contribution < -0.4 is 14.8 Å². The van der Waals surface area contributed by atoms with Crippen molar-refractivity contribution in [3.8, 4) is 22.9 Å². The number of nitrogens with one attached hydrogen (secondary N) is 1. The van der Waals surface area contributed by atoms with E-state index in [-0.39, 0.29) is 5.91 Å². The van der Waals surface area contributed by atoms with Crippen molar-refractivity contribution >= 4 is 17.9 Å². The highest BCUT2D eigenvalue weighted by Crippen LogP contribution is 2.19. The molecule has 0 aliphatic rings. The summed E-state index contributed by atoms with van der Waals surface area (Å²) in [4.78, 5) is 21.6. The van der Waals surface area contributed by atoms with Gasteiger partial charge in [0.2, 0.25) is 5.95 Å². The largest absolute Gasteiger partial charge is 0.497 e. The van der Waals surface area contributed by atoms with Gasteiger partial charge in [0.1, 0.15) is 11.5 Å².